The van der Waals surface area contributed by atoms with E-state index in [-0.39, 0.29) is 11.9 Å². The van der Waals surface area contributed by atoms with Gasteiger partial charge in [-0.15, -0.1) is 0 Å². The third kappa shape index (κ3) is 2.99. The van der Waals surface area contributed by atoms with Crippen molar-refractivity contribution < 1.29 is 4.79 Å². The molecular formula is C16H16N4OS2. The van der Waals surface area contributed by atoms with Gasteiger partial charge >= 0.3 is 0 Å². The Morgan fingerprint density at radius 2 is 2.13 bits per heavy atom. The van der Waals surface area contributed by atoms with Gasteiger partial charge in [0, 0.05) is 25.2 Å². The smallest absolute Gasteiger partial charge is 0.251 e. The zero-order chi connectivity index (χ0) is 15.6. The third-order valence-electron chi connectivity index (χ3n) is 4.23. The van der Waals surface area contributed by atoms with Crippen molar-refractivity contribution in [3.63, 3.8) is 0 Å². The summed E-state index contributed by atoms with van der Waals surface area (Å²) in [5.74, 6) is -0.0550. The van der Waals surface area contributed by atoms with Gasteiger partial charge in [-0.05, 0) is 47.0 Å². The average molecular weight is 344 g/mol. The predicted molar refractivity (Wildman–Crippen MR) is 93.0 cm³/mol. The van der Waals surface area contributed by atoms with Crippen molar-refractivity contribution in [1.82, 2.24) is 19.0 Å². The van der Waals surface area contributed by atoms with Crippen molar-refractivity contribution >= 4 is 40.0 Å². The van der Waals surface area contributed by atoms with Crippen molar-refractivity contribution in [3.05, 3.63) is 46.2 Å². The Kier molecular flexibility index (Phi) is 4.07. The molecule has 1 amide bonds. The number of fused-ring (bicyclic) bond motifs is 1. The molecule has 118 valence electrons. The number of nitrogens with zero attached hydrogens (tertiary/aromatic N) is 3. The van der Waals surface area contributed by atoms with Gasteiger partial charge in [0.2, 0.25) is 0 Å². The van der Waals surface area contributed by atoms with E-state index in [2.05, 4.69) is 35.8 Å². The minimum atomic E-state index is -0.0550. The van der Waals surface area contributed by atoms with Crippen LogP contribution in [0.4, 0.5) is 0 Å². The van der Waals surface area contributed by atoms with Crippen molar-refractivity contribution in [2.75, 3.05) is 19.6 Å². The van der Waals surface area contributed by atoms with Crippen molar-refractivity contribution in [3.8, 4) is 0 Å². The monoisotopic (exact) mass is 344 g/mol. The molecule has 23 heavy (non-hydrogen) atoms. The number of benzene rings is 1. The summed E-state index contributed by atoms with van der Waals surface area (Å²) in [6.45, 7) is 2.84. The molecule has 5 nitrogen and oxygen atoms in total. The van der Waals surface area contributed by atoms with E-state index < -0.39 is 0 Å². The van der Waals surface area contributed by atoms with Gasteiger partial charge in [0.15, 0.2) is 0 Å². The first-order chi connectivity index (χ1) is 11.3. The Hall–Kier alpha value is -1.83. The molecular weight excluding hydrogens is 328 g/mol. The summed E-state index contributed by atoms with van der Waals surface area (Å²) in [4.78, 5) is 14.9. The normalized spacial score (nSPS) is 16.2. The highest BCUT2D eigenvalue weighted by atomic mass is 32.1. The molecule has 3 heterocycles. The van der Waals surface area contributed by atoms with Crippen LogP contribution in [0.1, 0.15) is 28.4 Å². The second-order valence-corrected chi connectivity index (χ2v) is 6.95. The molecule has 7 heteroatoms. The van der Waals surface area contributed by atoms with E-state index in [1.54, 1.807) is 17.4 Å². The highest BCUT2D eigenvalue weighted by molar-refractivity contribution is 7.08. The Labute approximate surface area is 142 Å². The first-order valence-corrected chi connectivity index (χ1v) is 9.25. The molecule has 0 bridgehead atoms. The van der Waals surface area contributed by atoms with E-state index in [1.807, 2.05) is 12.1 Å². The fourth-order valence-corrected chi connectivity index (χ4v) is 4.01. The van der Waals surface area contributed by atoms with Crippen LogP contribution >= 0.6 is 23.1 Å². The molecule has 1 fully saturated rings. The van der Waals surface area contributed by atoms with Crippen LogP contribution in [-0.2, 0) is 0 Å². The van der Waals surface area contributed by atoms with Gasteiger partial charge in [-0.1, -0.05) is 0 Å². The van der Waals surface area contributed by atoms with Gasteiger partial charge in [0.1, 0.15) is 11.0 Å². The van der Waals surface area contributed by atoms with Crippen LogP contribution in [0.2, 0.25) is 0 Å². The van der Waals surface area contributed by atoms with Gasteiger partial charge in [0.25, 0.3) is 5.91 Å². The molecule has 0 aliphatic carbocycles. The lowest BCUT2D eigenvalue weighted by Gasteiger charge is -2.38. The molecule has 1 saturated heterocycles. The van der Waals surface area contributed by atoms with Crippen molar-refractivity contribution in [2.24, 2.45) is 0 Å². The number of thiophene rings is 1. The third-order valence-corrected chi connectivity index (χ3v) is 5.49. The molecule has 1 aromatic carbocycles. The Bertz CT molecular complexity index is 810. The number of amides is 1. The second kappa shape index (κ2) is 6.35. The highest BCUT2D eigenvalue weighted by Crippen LogP contribution is 2.26. The molecule has 0 radical (unpaired) electrons. The number of hydrogen-bond donors (Lipinski definition) is 1. The van der Waals surface area contributed by atoms with Crippen molar-refractivity contribution in [2.45, 2.75) is 12.5 Å². The highest BCUT2D eigenvalue weighted by Gasteiger charge is 2.26. The summed E-state index contributed by atoms with van der Waals surface area (Å²) < 4.78 is 8.35. The average Bonchev–Trinajstić information content (AvgIpc) is 3.18. The fourth-order valence-electron chi connectivity index (χ4n) is 2.79. The summed E-state index contributed by atoms with van der Waals surface area (Å²) >= 11 is 2.87. The van der Waals surface area contributed by atoms with E-state index in [9.17, 15) is 4.79 Å². The largest absolute Gasteiger partial charge is 0.350 e. The molecule has 1 N–H and O–H groups in total. The van der Waals surface area contributed by atoms with Crippen LogP contribution in [0, 0.1) is 0 Å². The van der Waals surface area contributed by atoms with E-state index in [0.717, 1.165) is 24.1 Å². The lowest BCUT2D eigenvalue weighted by molar-refractivity contribution is 0.0885. The van der Waals surface area contributed by atoms with Crippen LogP contribution in [0.5, 0.6) is 0 Å². The zero-order valence-electron chi connectivity index (χ0n) is 12.4. The second-order valence-electron chi connectivity index (χ2n) is 5.64. The maximum Gasteiger partial charge on any atom is 0.251 e. The topological polar surface area (TPSA) is 58.1 Å². The summed E-state index contributed by atoms with van der Waals surface area (Å²) in [5, 5.41) is 7.33. The first-order valence-electron chi connectivity index (χ1n) is 7.58. The quantitative estimate of drug-likeness (QED) is 0.773. The van der Waals surface area contributed by atoms with Gasteiger partial charge in [-0.3, -0.25) is 9.69 Å². The Balaban J connectivity index is 1.46. The number of carbonyl (C=O) groups is 1. The molecule has 4 rings (SSSR count). The standard InChI is InChI=1S/C16H16N4OS2/c21-16(11-2-3-13-14(8-11)19-23-18-13)17-9-15(20-5-1-6-20)12-4-7-22-10-12/h2-4,7-8,10,15H,1,5-6,9H2,(H,17,21)/t15-/m0/s1. The van der Waals surface area contributed by atoms with Gasteiger partial charge in [0.05, 0.1) is 17.8 Å². The summed E-state index contributed by atoms with van der Waals surface area (Å²) in [7, 11) is 0. The van der Waals surface area contributed by atoms with Gasteiger partial charge < -0.3 is 5.32 Å². The fraction of sp³-hybridized carbons (Fsp3) is 0.312. The summed E-state index contributed by atoms with van der Waals surface area (Å²) in [5.41, 5.74) is 3.54. The molecule has 2 aromatic heterocycles. The number of rotatable bonds is 5. The lowest BCUT2D eigenvalue weighted by atomic mass is 10.0. The molecule has 1 atom stereocenters. The van der Waals surface area contributed by atoms with Crippen LogP contribution in [0.15, 0.2) is 35.0 Å². The Morgan fingerprint density at radius 3 is 2.87 bits per heavy atom. The van der Waals surface area contributed by atoms with E-state index in [4.69, 9.17) is 0 Å². The predicted octanol–water partition coefficient (Wildman–Crippen LogP) is 2.93. The number of hydrogen-bond acceptors (Lipinski definition) is 6. The van der Waals surface area contributed by atoms with E-state index in [0.29, 0.717) is 12.1 Å². The van der Waals surface area contributed by atoms with Gasteiger partial charge in [-0.2, -0.15) is 20.1 Å². The van der Waals surface area contributed by atoms with Crippen molar-refractivity contribution in [1.29, 1.82) is 0 Å². The summed E-state index contributed by atoms with van der Waals surface area (Å²) in [6, 6.07) is 7.87. The summed E-state index contributed by atoms with van der Waals surface area (Å²) in [6.07, 6.45) is 1.24. The molecule has 1 aliphatic rings. The molecule has 1 aliphatic heterocycles. The number of likely N-dealkylation sites (tertiary alicyclic amines) is 1. The SMILES string of the molecule is O=C(NC[C@@H](c1ccsc1)N1CCC1)c1ccc2nsnc2c1. The van der Waals surface area contributed by atoms with Crippen LogP contribution < -0.4 is 5.32 Å². The minimum absolute atomic E-state index is 0.0550. The Morgan fingerprint density at radius 1 is 1.26 bits per heavy atom. The molecule has 0 spiro atoms. The maximum absolute atomic E-state index is 12.4. The molecule has 0 saturated carbocycles. The number of nitrogens with one attached hydrogen (secondary N) is 1. The van der Waals surface area contributed by atoms with Crippen LogP contribution in [0.25, 0.3) is 11.0 Å². The molecule has 0 unspecified atom stereocenters. The van der Waals surface area contributed by atoms with E-state index in [1.165, 1.54) is 23.7 Å². The number of carbonyl (C=O) groups excluding carboxylic acids is 1. The first kappa shape index (κ1) is 14.7. The maximum atomic E-state index is 12.4. The zero-order valence-corrected chi connectivity index (χ0v) is 14.1. The van der Waals surface area contributed by atoms with E-state index >= 15 is 0 Å². The lowest BCUT2D eigenvalue weighted by Crippen LogP contribution is -2.45. The number of aromatic nitrogens is 2. The van der Waals surface area contributed by atoms with Crippen LogP contribution in [-0.4, -0.2) is 39.2 Å². The van der Waals surface area contributed by atoms with Gasteiger partial charge in [-0.25, -0.2) is 0 Å². The molecule has 3 aromatic rings. The minimum Gasteiger partial charge on any atom is -0.350 e. The van der Waals surface area contributed by atoms with Crippen LogP contribution in [0.3, 0.4) is 0 Å².